The Morgan fingerprint density at radius 1 is 1.14 bits per heavy atom. The van der Waals surface area contributed by atoms with Crippen LogP contribution in [0.25, 0.3) is 0 Å². The Morgan fingerprint density at radius 2 is 1.76 bits per heavy atom. The molecule has 0 spiro atoms. The summed E-state index contributed by atoms with van der Waals surface area (Å²) in [4.78, 5) is 21.3. The minimum atomic E-state index is -0.467. The zero-order chi connectivity index (χ0) is 15.2. The molecular weight excluding hydrogens is 274 g/mol. The van der Waals surface area contributed by atoms with Gasteiger partial charge in [0, 0.05) is 17.7 Å². The van der Waals surface area contributed by atoms with Crippen LogP contribution >= 0.6 is 0 Å². The number of nitrogen functional groups attached to an aromatic ring is 1. The van der Waals surface area contributed by atoms with Gasteiger partial charge in [0.1, 0.15) is 12.4 Å². The maximum absolute atomic E-state index is 11.3. The number of nitro groups is 1. The number of carbonyl (C=O) groups is 1. The van der Waals surface area contributed by atoms with Crippen molar-refractivity contribution in [3.63, 3.8) is 0 Å². The molecule has 0 bridgehead atoms. The van der Waals surface area contributed by atoms with Gasteiger partial charge in [0.2, 0.25) is 0 Å². The molecule has 0 unspecified atom stereocenters. The van der Waals surface area contributed by atoms with Crippen LogP contribution in [0.1, 0.15) is 15.9 Å². The first-order valence-corrected chi connectivity index (χ1v) is 6.07. The van der Waals surface area contributed by atoms with Crippen molar-refractivity contribution in [2.75, 3.05) is 0 Å². The number of carbonyl (C=O) groups excluding carboxylic acids is 1. The Balaban J connectivity index is 1.96. The Bertz CT molecular complexity index is 638. The lowest BCUT2D eigenvalue weighted by Gasteiger charge is -2.06. The van der Waals surface area contributed by atoms with Crippen molar-refractivity contribution in [2.24, 2.45) is 5.84 Å². The summed E-state index contributed by atoms with van der Waals surface area (Å²) in [6.07, 6.45) is 0. The van der Waals surface area contributed by atoms with Crippen LogP contribution in [0.4, 0.5) is 5.69 Å². The standard InChI is InChI=1S/C14H13N3O4/c15-16-14(18)11-3-1-10(2-4-11)9-21-13-7-5-12(6-8-13)17(19)20/h1-8H,9,15H2,(H,16,18). The third kappa shape index (κ3) is 3.77. The van der Waals surface area contributed by atoms with Crippen molar-refractivity contribution in [1.29, 1.82) is 0 Å². The van der Waals surface area contributed by atoms with Gasteiger partial charge in [-0.25, -0.2) is 5.84 Å². The lowest BCUT2D eigenvalue weighted by atomic mass is 10.1. The second-order valence-electron chi connectivity index (χ2n) is 4.21. The van der Waals surface area contributed by atoms with E-state index in [1.807, 2.05) is 5.43 Å². The number of hydrogen-bond donors (Lipinski definition) is 2. The highest BCUT2D eigenvalue weighted by Crippen LogP contribution is 2.18. The Morgan fingerprint density at radius 3 is 2.29 bits per heavy atom. The maximum atomic E-state index is 11.3. The second kappa shape index (κ2) is 6.49. The molecule has 7 heteroatoms. The molecule has 2 rings (SSSR count). The molecule has 0 fully saturated rings. The summed E-state index contributed by atoms with van der Waals surface area (Å²) in [5.74, 6) is 5.21. The van der Waals surface area contributed by atoms with E-state index in [2.05, 4.69) is 0 Å². The summed E-state index contributed by atoms with van der Waals surface area (Å²) >= 11 is 0. The Kier molecular flexibility index (Phi) is 4.47. The van der Waals surface area contributed by atoms with Gasteiger partial charge in [-0.2, -0.15) is 0 Å². The molecule has 0 saturated carbocycles. The topological polar surface area (TPSA) is 107 Å². The fourth-order valence-corrected chi connectivity index (χ4v) is 1.67. The van der Waals surface area contributed by atoms with Gasteiger partial charge in [-0.1, -0.05) is 12.1 Å². The number of nitrogens with two attached hydrogens (primary N) is 1. The SMILES string of the molecule is NNC(=O)c1ccc(COc2ccc([N+](=O)[O-])cc2)cc1. The van der Waals surface area contributed by atoms with Crippen molar-refractivity contribution in [2.45, 2.75) is 6.61 Å². The smallest absolute Gasteiger partial charge is 0.269 e. The molecule has 3 N–H and O–H groups in total. The molecule has 108 valence electrons. The highest BCUT2D eigenvalue weighted by Gasteiger charge is 2.05. The molecule has 0 saturated heterocycles. The van der Waals surface area contributed by atoms with E-state index in [0.717, 1.165) is 5.56 Å². The zero-order valence-corrected chi connectivity index (χ0v) is 11.0. The van der Waals surface area contributed by atoms with Crippen LogP contribution in [-0.4, -0.2) is 10.8 Å². The first-order valence-electron chi connectivity index (χ1n) is 6.07. The summed E-state index contributed by atoms with van der Waals surface area (Å²) in [5.41, 5.74) is 3.38. The number of nitrogens with zero attached hydrogens (tertiary/aromatic N) is 1. The summed E-state index contributed by atoms with van der Waals surface area (Å²) in [6, 6.07) is 12.6. The number of benzene rings is 2. The molecule has 0 aliphatic carbocycles. The van der Waals surface area contributed by atoms with Gasteiger partial charge in [-0.3, -0.25) is 20.3 Å². The monoisotopic (exact) mass is 287 g/mol. The summed E-state index contributed by atoms with van der Waals surface area (Å²) in [7, 11) is 0. The number of amides is 1. The Labute approximate surface area is 120 Å². The number of nitrogens with one attached hydrogen (secondary N) is 1. The molecule has 2 aromatic carbocycles. The summed E-state index contributed by atoms with van der Waals surface area (Å²) in [6.45, 7) is 0.294. The van der Waals surface area contributed by atoms with E-state index in [1.165, 1.54) is 24.3 Å². The third-order valence-corrected chi connectivity index (χ3v) is 2.80. The van der Waals surface area contributed by atoms with Crippen LogP contribution < -0.4 is 16.0 Å². The first kappa shape index (κ1) is 14.5. The van der Waals surface area contributed by atoms with Gasteiger partial charge in [0.05, 0.1) is 4.92 Å². The number of rotatable bonds is 5. The molecule has 1 amide bonds. The van der Waals surface area contributed by atoms with Gasteiger partial charge in [0.25, 0.3) is 11.6 Å². The third-order valence-electron chi connectivity index (χ3n) is 2.80. The number of hydrazine groups is 1. The van der Waals surface area contributed by atoms with Crippen LogP contribution in [0.15, 0.2) is 48.5 Å². The van der Waals surface area contributed by atoms with Crippen LogP contribution in [0, 0.1) is 10.1 Å². The van der Waals surface area contributed by atoms with Crippen LogP contribution in [0.2, 0.25) is 0 Å². The van der Waals surface area contributed by atoms with Gasteiger partial charge in [-0.15, -0.1) is 0 Å². The van der Waals surface area contributed by atoms with E-state index in [1.54, 1.807) is 24.3 Å². The summed E-state index contributed by atoms with van der Waals surface area (Å²) in [5, 5.41) is 10.5. The van der Waals surface area contributed by atoms with E-state index in [0.29, 0.717) is 17.9 Å². The van der Waals surface area contributed by atoms with E-state index >= 15 is 0 Å². The predicted molar refractivity (Wildman–Crippen MR) is 75.5 cm³/mol. The molecule has 2 aromatic rings. The van der Waals surface area contributed by atoms with Gasteiger partial charge in [-0.05, 0) is 29.8 Å². The second-order valence-corrected chi connectivity index (χ2v) is 4.21. The molecule has 0 aromatic heterocycles. The van der Waals surface area contributed by atoms with Crippen LogP contribution in [0.3, 0.4) is 0 Å². The van der Waals surface area contributed by atoms with Crippen molar-refractivity contribution in [3.8, 4) is 5.75 Å². The van der Waals surface area contributed by atoms with Crippen molar-refractivity contribution < 1.29 is 14.5 Å². The van der Waals surface area contributed by atoms with Gasteiger partial charge >= 0.3 is 0 Å². The molecule has 0 aliphatic heterocycles. The van der Waals surface area contributed by atoms with Crippen molar-refractivity contribution in [1.82, 2.24) is 5.43 Å². The lowest BCUT2D eigenvalue weighted by molar-refractivity contribution is -0.384. The Hall–Kier alpha value is -2.93. The van der Waals surface area contributed by atoms with E-state index in [9.17, 15) is 14.9 Å². The van der Waals surface area contributed by atoms with Crippen LogP contribution in [-0.2, 0) is 6.61 Å². The molecule has 0 radical (unpaired) electrons. The van der Waals surface area contributed by atoms with Crippen LogP contribution in [0.5, 0.6) is 5.75 Å². The highest BCUT2D eigenvalue weighted by molar-refractivity contribution is 5.93. The fraction of sp³-hybridized carbons (Fsp3) is 0.0714. The maximum Gasteiger partial charge on any atom is 0.269 e. The first-order chi connectivity index (χ1) is 10.1. The van der Waals surface area contributed by atoms with Gasteiger partial charge in [0.15, 0.2) is 0 Å². The van der Waals surface area contributed by atoms with E-state index < -0.39 is 4.92 Å². The molecular formula is C14H13N3O4. The minimum absolute atomic E-state index is 0.0134. The lowest BCUT2D eigenvalue weighted by Crippen LogP contribution is -2.29. The van der Waals surface area contributed by atoms with Crippen molar-refractivity contribution >= 4 is 11.6 Å². The number of hydrogen-bond acceptors (Lipinski definition) is 5. The molecule has 21 heavy (non-hydrogen) atoms. The highest BCUT2D eigenvalue weighted by atomic mass is 16.6. The van der Waals surface area contributed by atoms with E-state index in [4.69, 9.17) is 10.6 Å². The number of non-ortho nitro benzene ring substituents is 1. The van der Waals surface area contributed by atoms with Crippen molar-refractivity contribution in [3.05, 3.63) is 69.8 Å². The summed E-state index contributed by atoms with van der Waals surface area (Å²) < 4.78 is 5.51. The van der Waals surface area contributed by atoms with Gasteiger partial charge < -0.3 is 4.74 Å². The quantitative estimate of drug-likeness (QED) is 0.377. The largest absolute Gasteiger partial charge is 0.489 e. The molecule has 0 atom stereocenters. The normalized spacial score (nSPS) is 9.95. The molecule has 7 nitrogen and oxygen atoms in total. The minimum Gasteiger partial charge on any atom is -0.489 e. The average molecular weight is 287 g/mol. The zero-order valence-electron chi connectivity index (χ0n) is 11.0. The average Bonchev–Trinajstić information content (AvgIpc) is 2.53. The number of ether oxygens (including phenoxy) is 1. The fourth-order valence-electron chi connectivity index (χ4n) is 1.67. The van der Waals surface area contributed by atoms with E-state index in [-0.39, 0.29) is 11.6 Å². The predicted octanol–water partition coefficient (Wildman–Crippen LogP) is 1.78. The number of nitro benzene ring substituents is 1. The molecule has 0 heterocycles. The molecule has 0 aliphatic rings.